The summed E-state index contributed by atoms with van der Waals surface area (Å²) in [5, 5.41) is 4.07. The van der Waals surface area contributed by atoms with Crippen LogP contribution in [0, 0.1) is 17.8 Å². The van der Waals surface area contributed by atoms with Crippen LogP contribution in [0.15, 0.2) is 12.7 Å². The van der Waals surface area contributed by atoms with Gasteiger partial charge in [-0.15, -0.1) is 0 Å². The molecule has 4 heteroatoms. The molecule has 3 atom stereocenters. The monoisotopic (exact) mass is 237 g/mol. The zero-order valence-corrected chi connectivity index (χ0v) is 11.0. The van der Waals surface area contributed by atoms with Gasteiger partial charge in [-0.1, -0.05) is 27.2 Å². The summed E-state index contributed by atoms with van der Waals surface area (Å²) in [6.07, 6.45) is 7.44. The van der Waals surface area contributed by atoms with Crippen LogP contribution in [-0.4, -0.2) is 20.9 Å². The SMILES string of the molecule is CC1CCC(C(C)C)C(OCn2cncn2)C1. The summed E-state index contributed by atoms with van der Waals surface area (Å²) in [6, 6.07) is 0. The average molecular weight is 237 g/mol. The van der Waals surface area contributed by atoms with Gasteiger partial charge in [-0.05, 0) is 30.6 Å². The van der Waals surface area contributed by atoms with Crippen molar-refractivity contribution in [2.75, 3.05) is 0 Å². The maximum atomic E-state index is 6.03. The second kappa shape index (κ2) is 5.63. The number of rotatable bonds is 4. The molecule has 0 saturated heterocycles. The summed E-state index contributed by atoms with van der Waals surface area (Å²) in [7, 11) is 0. The fourth-order valence-electron chi connectivity index (χ4n) is 2.78. The van der Waals surface area contributed by atoms with Gasteiger partial charge in [0.25, 0.3) is 0 Å². The second-order valence-electron chi connectivity index (χ2n) is 5.60. The first-order valence-electron chi connectivity index (χ1n) is 6.61. The van der Waals surface area contributed by atoms with E-state index in [2.05, 4.69) is 30.9 Å². The number of hydrogen-bond donors (Lipinski definition) is 0. The second-order valence-corrected chi connectivity index (χ2v) is 5.60. The molecular weight excluding hydrogens is 214 g/mol. The molecule has 3 unspecified atom stereocenters. The molecule has 0 N–H and O–H groups in total. The fourth-order valence-corrected chi connectivity index (χ4v) is 2.78. The Bertz CT molecular complexity index is 323. The molecule has 1 heterocycles. The van der Waals surface area contributed by atoms with E-state index in [4.69, 9.17) is 4.74 Å². The van der Waals surface area contributed by atoms with Gasteiger partial charge in [0.2, 0.25) is 0 Å². The molecule has 2 rings (SSSR count). The van der Waals surface area contributed by atoms with E-state index in [0.29, 0.717) is 24.7 Å². The summed E-state index contributed by atoms with van der Waals surface area (Å²) < 4.78 is 7.78. The number of nitrogens with zero attached hydrogens (tertiary/aromatic N) is 3. The zero-order chi connectivity index (χ0) is 12.3. The predicted molar refractivity (Wildman–Crippen MR) is 66.2 cm³/mol. The van der Waals surface area contributed by atoms with Crippen LogP contribution in [0.2, 0.25) is 0 Å². The van der Waals surface area contributed by atoms with E-state index < -0.39 is 0 Å². The Labute approximate surface area is 103 Å². The van der Waals surface area contributed by atoms with E-state index in [-0.39, 0.29) is 0 Å². The first-order chi connectivity index (χ1) is 8.16. The molecule has 0 amide bonds. The number of aromatic nitrogens is 3. The maximum absolute atomic E-state index is 6.03. The predicted octanol–water partition coefficient (Wildman–Crippen LogP) is 2.71. The Kier molecular flexibility index (Phi) is 4.15. The van der Waals surface area contributed by atoms with E-state index in [1.54, 1.807) is 17.3 Å². The van der Waals surface area contributed by atoms with Crippen molar-refractivity contribution >= 4 is 0 Å². The van der Waals surface area contributed by atoms with Crippen molar-refractivity contribution in [2.24, 2.45) is 17.8 Å². The van der Waals surface area contributed by atoms with Gasteiger partial charge in [-0.25, -0.2) is 9.67 Å². The third-order valence-corrected chi connectivity index (χ3v) is 3.85. The Morgan fingerprint density at radius 3 is 2.88 bits per heavy atom. The molecule has 1 saturated carbocycles. The van der Waals surface area contributed by atoms with E-state index in [1.165, 1.54) is 19.3 Å². The van der Waals surface area contributed by atoms with Crippen LogP contribution >= 0.6 is 0 Å². The van der Waals surface area contributed by atoms with E-state index in [9.17, 15) is 0 Å². The van der Waals surface area contributed by atoms with E-state index in [1.807, 2.05) is 0 Å². The molecule has 0 spiro atoms. The minimum atomic E-state index is 0.378. The third kappa shape index (κ3) is 3.28. The Morgan fingerprint density at radius 2 is 2.24 bits per heavy atom. The molecule has 1 aliphatic rings. The Morgan fingerprint density at radius 1 is 1.41 bits per heavy atom. The van der Waals surface area contributed by atoms with Crippen LogP contribution in [0.5, 0.6) is 0 Å². The molecule has 1 fully saturated rings. The minimum Gasteiger partial charge on any atom is -0.356 e. The lowest BCUT2D eigenvalue weighted by molar-refractivity contribution is -0.0712. The van der Waals surface area contributed by atoms with Gasteiger partial charge in [0.05, 0.1) is 6.10 Å². The van der Waals surface area contributed by atoms with Crippen LogP contribution in [0.4, 0.5) is 0 Å². The molecule has 0 bridgehead atoms. The summed E-state index contributed by atoms with van der Waals surface area (Å²) in [5.74, 6) is 2.17. The van der Waals surface area contributed by atoms with Gasteiger partial charge >= 0.3 is 0 Å². The number of ether oxygens (including phenoxy) is 1. The normalized spacial score (nSPS) is 29.8. The largest absolute Gasteiger partial charge is 0.356 e. The highest BCUT2D eigenvalue weighted by Crippen LogP contribution is 2.35. The molecule has 0 aromatic carbocycles. The van der Waals surface area contributed by atoms with Crippen molar-refractivity contribution in [1.29, 1.82) is 0 Å². The van der Waals surface area contributed by atoms with Gasteiger partial charge in [-0.3, -0.25) is 0 Å². The summed E-state index contributed by atoms with van der Waals surface area (Å²) in [6.45, 7) is 7.45. The van der Waals surface area contributed by atoms with Crippen LogP contribution < -0.4 is 0 Å². The minimum absolute atomic E-state index is 0.378. The van der Waals surface area contributed by atoms with E-state index >= 15 is 0 Å². The van der Waals surface area contributed by atoms with Crippen LogP contribution in [0.3, 0.4) is 0 Å². The molecule has 0 aliphatic heterocycles. The topological polar surface area (TPSA) is 39.9 Å². The summed E-state index contributed by atoms with van der Waals surface area (Å²) >= 11 is 0. The lowest BCUT2D eigenvalue weighted by Crippen LogP contribution is -2.34. The first kappa shape index (κ1) is 12.6. The van der Waals surface area contributed by atoms with Gasteiger partial charge in [0.1, 0.15) is 19.4 Å². The van der Waals surface area contributed by atoms with Gasteiger partial charge in [0.15, 0.2) is 0 Å². The molecule has 96 valence electrons. The zero-order valence-electron chi connectivity index (χ0n) is 11.0. The van der Waals surface area contributed by atoms with Crippen molar-refractivity contribution in [1.82, 2.24) is 14.8 Å². The number of hydrogen-bond acceptors (Lipinski definition) is 3. The van der Waals surface area contributed by atoms with Crippen molar-refractivity contribution in [2.45, 2.75) is 52.9 Å². The molecule has 17 heavy (non-hydrogen) atoms. The first-order valence-corrected chi connectivity index (χ1v) is 6.61. The summed E-state index contributed by atoms with van der Waals surface area (Å²) in [5.41, 5.74) is 0. The molecule has 1 aliphatic carbocycles. The smallest absolute Gasteiger partial charge is 0.141 e. The Hall–Kier alpha value is -0.900. The Balaban J connectivity index is 1.90. The van der Waals surface area contributed by atoms with Crippen molar-refractivity contribution in [3.8, 4) is 0 Å². The van der Waals surface area contributed by atoms with Gasteiger partial charge in [0, 0.05) is 0 Å². The van der Waals surface area contributed by atoms with Crippen molar-refractivity contribution in [3.63, 3.8) is 0 Å². The fraction of sp³-hybridized carbons (Fsp3) is 0.846. The standard InChI is InChI=1S/C13H23N3O/c1-10(2)12-5-4-11(3)6-13(12)17-9-16-8-14-7-15-16/h7-8,10-13H,4-6,9H2,1-3H3. The average Bonchev–Trinajstić information content (AvgIpc) is 2.78. The van der Waals surface area contributed by atoms with Crippen molar-refractivity contribution < 1.29 is 4.74 Å². The molecule has 1 aromatic rings. The molecule has 0 radical (unpaired) electrons. The molecular formula is C13H23N3O. The van der Waals surface area contributed by atoms with Gasteiger partial charge in [-0.2, -0.15) is 5.10 Å². The highest BCUT2D eigenvalue weighted by molar-refractivity contribution is 4.81. The third-order valence-electron chi connectivity index (χ3n) is 3.85. The van der Waals surface area contributed by atoms with Crippen molar-refractivity contribution in [3.05, 3.63) is 12.7 Å². The summed E-state index contributed by atoms with van der Waals surface area (Å²) in [4.78, 5) is 3.93. The maximum Gasteiger partial charge on any atom is 0.141 e. The highest BCUT2D eigenvalue weighted by atomic mass is 16.5. The lowest BCUT2D eigenvalue weighted by Gasteiger charge is -2.37. The molecule has 1 aromatic heterocycles. The van der Waals surface area contributed by atoms with Crippen LogP contribution in [0.25, 0.3) is 0 Å². The molecule has 4 nitrogen and oxygen atoms in total. The van der Waals surface area contributed by atoms with Crippen LogP contribution in [0.1, 0.15) is 40.0 Å². The lowest BCUT2D eigenvalue weighted by atomic mass is 9.75. The van der Waals surface area contributed by atoms with Gasteiger partial charge < -0.3 is 4.74 Å². The quantitative estimate of drug-likeness (QED) is 0.808. The van der Waals surface area contributed by atoms with E-state index in [0.717, 1.165) is 5.92 Å². The van der Waals surface area contributed by atoms with Crippen LogP contribution in [-0.2, 0) is 11.5 Å². The highest BCUT2D eigenvalue weighted by Gasteiger charge is 2.31.